The first-order chi connectivity index (χ1) is 22.3. The molecule has 1 aromatic heterocycles. The first-order valence-electron chi connectivity index (χ1n) is 15.3. The van der Waals surface area contributed by atoms with E-state index in [-0.39, 0.29) is 35.2 Å². The Bertz CT molecular complexity index is 1710. The first-order valence-corrected chi connectivity index (χ1v) is 17.2. The molecule has 0 bridgehead atoms. The Kier molecular flexibility index (Phi) is 12.1. The summed E-state index contributed by atoms with van der Waals surface area (Å²) in [6.45, 7) is 3.04. The van der Waals surface area contributed by atoms with Crippen molar-refractivity contribution in [1.82, 2.24) is 9.47 Å². The number of likely N-dealkylation sites (tertiary alicyclic amines) is 1. The highest BCUT2D eigenvalue weighted by atomic mass is 32.2. The standard InChI is InChI=1S/C33H41F3N4O6S/c1-5-32(41)46-25(21-44-2)20-39-16-13-23(14-17-39)38-28-9-6-10-30-27(28)18-24(40(30)22-33(34,35)36)8-7-15-37-29-12-11-26(47(4,42)43)19-31(29)45-3/h6,9-12,18-19,23,25,37-38H,5,13-17,20-22H2,1-4H3. The fourth-order valence-electron chi connectivity index (χ4n) is 5.53. The number of halogens is 3. The van der Waals surface area contributed by atoms with Crippen molar-refractivity contribution in [3.05, 3.63) is 48.2 Å². The predicted molar refractivity (Wildman–Crippen MR) is 175 cm³/mol. The van der Waals surface area contributed by atoms with Crippen molar-refractivity contribution < 1.29 is 40.6 Å². The van der Waals surface area contributed by atoms with Crippen LogP contribution in [0.2, 0.25) is 0 Å². The Morgan fingerprint density at radius 1 is 1.11 bits per heavy atom. The lowest BCUT2D eigenvalue weighted by Crippen LogP contribution is -2.44. The fraction of sp³-hybridized carbons (Fsp3) is 0.485. The Balaban J connectivity index is 1.48. The van der Waals surface area contributed by atoms with E-state index in [4.69, 9.17) is 14.2 Å². The summed E-state index contributed by atoms with van der Waals surface area (Å²) in [5, 5.41) is 7.22. The Labute approximate surface area is 273 Å². The van der Waals surface area contributed by atoms with Gasteiger partial charge in [0.2, 0.25) is 0 Å². The van der Waals surface area contributed by atoms with Crippen molar-refractivity contribution in [2.24, 2.45) is 0 Å². The highest BCUT2D eigenvalue weighted by Crippen LogP contribution is 2.32. The van der Waals surface area contributed by atoms with Gasteiger partial charge >= 0.3 is 12.1 Å². The molecule has 1 fully saturated rings. The summed E-state index contributed by atoms with van der Waals surface area (Å²) in [5.74, 6) is 5.81. The molecule has 2 heterocycles. The van der Waals surface area contributed by atoms with Gasteiger partial charge in [0.1, 0.15) is 18.4 Å². The van der Waals surface area contributed by atoms with E-state index in [1.54, 1.807) is 38.3 Å². The third kappa shape index (κ3) is 10.0. The average molecular weight is 679 g/mol. The van der Waals surface area contributed by atoms with Crippen LogP contribution >= 0.6 is 0 Å². The molecule has 2 aromatic carbocycles. The van der Waals surface area contributed by atoms with Crippen LogP contribution < -0.4 is 15.4 Å². The maximum absolute atomic E-state index is 13.7. The fourth-order valence-corrected chi connectivity index (χ4v) is 6.17. The molecule has 2 N–H and O–H groups in total. The number of nitrogens with zero attached hydrogens (tertiary/aromatic N) is 2. The summed E-state index contributed by atoms with van der Waals surface area (Å²) in [6, 6.07) is 11.4. The number of fused-ring (bicyclic) bond motifs is 1. The molecule has 1 aliphatic heterocycles. The lowest BCUT2D eigenvalue weighted by molar-refractivity contribution is -0.152. The number of hydrogen-bond acceptors (Lipinski definition) is 9. The SMILES string of the molecule is CCC(=O)OC(COC)CN1CCC(Nc2cccc3c2cc(C#CCNc2ccc(S(C)(=O)=O)cc2OC)n3CC(F)(F)F)CC1. The quantitative estimate of drug-likeness (QED) is 0.192. The average Bonchev–Trinajstić information content (AvgIpc) is 3.36. The Morgan fingerprint density at radius 3 is 2.49 bits per heavy atom. The molecular formula is C33H41F3N4O6S. The molecule has 0 amide bonds. The molecule has 1 unspecified atom stereocenters. The zero-order valence-electron chi connectivity index (χ0n) is 26.9. The zero-order chi connectivity index (χ0) is 34.2. The van der Waals surface area contributed by atoms with Crippen LogP contribution in [-0.2, 0) is 30.7 Å². The van der Waals surface area contributed by atoms with E-state index in [0.717, 1.165) is 37.9 Å². The summed E-state index contributed by atoms with van der Waals surface area (Å²) in [5.41, 5.74) is 1.86. The highest BCUT2D eigenvalue weighted by molar-refractivity contribution is 7.90. The maximum atomic E-state index is 13.7. The van der Waals surface area contributed by atoms with Crippen LogP contribution in [0.15, 0.2) is 47.4 Å². The molecule has 0 radical (unpaired) electrons. The van der Waals surface area contributed by atoms with Crippen molar-refractivity contribution in [3.63, 3.8) is 0 Å². The molecule has 256 valence electrons. The number of carbonyl (C=O) groups is 1. The van der Waals surface area contributed by atoms with E-state index in [1.807, 2.05) is 6.07 Å². The van der Waals surface area contributed by atoms with Gasteiger partial charge < -0.3 is 29.4 Å². The first kappa shape index (κ1) is 35.9. The van der Waals surface area contributed by atoms with Gasteiger partial charge in [0, 0.05) is 62.6 Å². The van der Waals surface area contributed by atoms with Gasteiger partial charge in [-0.15, -0.1) is 0 Å². The number of methoxy groups -OCH3 is 2. The van der Waals surface area contributed by atoms with E-state index in [9.17, 15) is 26.4 Å². The van der Waals surface area contributed by atoms with Gasteiger partial charge in [0.05, 0.1) is 42.1 Å². The molecule has 1 aliphatic rings. The number of aromatic nitrogens is 1. The van der Waals surface area contributed by atoms with Crippen LogP contribution in [0.4, 0.5) is 24.5 Å². The number of alkyl halides is 3. The van der Waals surface area contributed by atoms with Crippen LogP contribution in [0, 0.1) is 11.8 Å². The number of anilines is 2. The number of esters is 1. The van der Waals surface area contributed by atoms with E-state index >= 15 is 0 Å². The number of hydrogen-bond donors (Lipinski definition) is 2. The number of rotatable bonds is 13. The van der Waals surface area contributed by atoms with Crippen LogP contribution in [0.5, 0.6) is 5.75 Å². The van der Waals surface area contributed by atoms with Gasteiger partial charge in [-0.25, -0.2) is 8.42 Å². The molecule has 1 saturated heterocycles. The van der Waals surface area contributed by atoms with Crippen molar-refractivity contribution >= 4 is 38.1 Å². The van der Waals surface area contributed by atoms with Gasteiger partial charge in [0.15, 0.2) is 9.84 Å². The third-order valence-corrected chi connectivity index (χ3v) is 8.93. The number of benzene rings is 2. The number of carbonyl (C=O) groups excluding carboxylic acids is 1. The largest absolute Gasteiger partial charge is 0.495 e. The highest BCUT2D eigenvalue weighted by Gasteiger charge is 2.30. The molecule has 47 heavy (non-hydrogen) atoms. The van der Waals surface area contributed by atoms with Gasteiger partial charge in [-0.3, -0.25) is 9.69 Å². The summed E-state index contributed by atoms with van der Waals surface area (Å²) in [7, 11) is -0.449. The molecule has 3 aromatic rings. The molecule has 0 spiro atoms. The summed E-state index contributed by atoms with van der Waals surface area (Å²) in [6.07, 6.45) is -1.82. The van der Waals surface area contributed by atoms with Crippen molar-refractivity contribution in [3.8, 4) is 17.6 Å². The summed E-state index contributed by atoms with van der Waals surface area (Å²) < 4.78 is 82.0. The normalized spacial score (nSPS) is 15.1. The molecule has 1 atom stereocenters. The van der Waals surface area contributed by atoms with Gasteiger partial charge in [-0.2, -0.15) is 13.2 Å². The summed E-state index contributed by atoms with van der Waals surface area (Å²) in [4.78, 5) is 14.1. The maximum Gasteiger partial charge on any atom is 0.406 e. The smallest absolute Gasteiger partial charge is 0.406 e. The molecular weight excluding hydrogens is 637 g/mol. The van der Waals surface area contributed by atoms with Crippen LogP contribution in [0.1, 0.15) is 31.9 Å². The second kappa shape index (κ2) is 15.8. The van der Waals surface area contributed by atoms with Crippen molar-refractivity contribution in [2.75, 3.05) is 63.9 Å². The van der Waals surface area contributed by atoms with Crippen LogP contribution in [-0.4, -0.2) is 95.4 Å². The second-order valence-electron chi connectivity index (χ2n) is 11.4. The van der Waals surface area contributed by atoms with E-state index in [0.29, 0.717) is 41.9 Å². The van der Waals surface area contributed by atoms with Gasteiger partial charge in [-0.1, -0.05) is 18.9 Å². The minimum absolute atomic E-state index is 0.0781. The van der Waals surface area contributed by atoms with Crippen molar-refractivity contribution in [1.29, 1.82) is 0 Å². The minimum Gasteiger partial charge on any atom is -0.495 e. The van der Waals surface area contributed by atoms with Gasteiger partial charge in [-0.05, 0) is 49.1 Å². The van der Waals surface area contributed by atoms with Crippen LogP contribution in [0.25, 0.3) is 10.9 Å². The predicted octanol–water partition coefficient (Wildman–Crippen LogP) is 4.92. The molecule has 14 heteroatoms. The van der Waals surface area contributed by atoms with E-state index < -0.39 is 22.6 Å². The van der Waals surface area contributed by atoms with E-state index in [2.05, 4.69) is 27.4 Å². The van der Waals surface area contributed by atoms with Gasteiger partial charge in [0.25, 0.3) is 0 Å². The van der Waals surface area contributed by atoms with E-state index in [1.165, 1.54) is 23.8 Å². The zero-order valence-corrected chi connectivity index (χ0v) is 27.8. The monoisotopic (exact) mass is 678 g/mol. The summed E-state index contributed by atoms with van der Waals surface area (Å²) >= 11 is 0. The number of sulfone groups is 1. The molecule has 0 aliphatic carbocycles. The van der Waals surface area contributed by atoms with Crippen molar-refractivity contribution in [2.45, 2.75) is 55.9 Å². The Hall–Kier alpha value is -3.93. The number of nitrogens with one attached hydrogen (secondary N) is 2. The van der Waals surface area contributed by atoms with Crippen LogP contribution in [0.3, 0.4) is 0 Å². The number of piperidine rings is 1. The topological polar surface area (TPSA) is 111 Å². The lowest BCUT2D eigenvalue weighted by Gasteiger charge is -2.34. The molecule has 10 nitrogen and oxygen atoms in total. The Morgan fingerprint density at radius 2 is 1.85 bits per heavy atom. The third-order valence-electron chi connectivity index (χ3n) is 7.82. The molecule has 0 saturated carbocycles. The molecule has 4 rings (SSSR count). The second-order valence-corrected chi connectivity index (χ2v) is 13.4. The number of ether oxygens (including phenoxy) is 3. The minimum atomic E-state index is -4.46. The lowest BCUT2D eigenvalue weighted by atomic mass is 10.0.